The van der Waals surface area contributed by atoms with Gasteiger partial charge in [-0.3, -0.25) is 9.10 Å². The second-order valence-electron chi connectivity index (χ2n) is 6.46. The lowest BCUT2D eigenvalue weighted by Gasteiger charge is -2.21. The molecule has 0 unspecified atom stereocenters. The number of methoxy groups -OCH3 is 1. The number of hydrogen-bond acceptors (Lipinski definition) is 5. The summed E-state index contributed by atoms with van der Waals surface area (Å²) in [7, 11) is -0.273. The lowest BCUT2D eigenvalue weighted by Crippen LogP contribution is -2.37. The van der Waals surface area contributed by atoms with Gasteiger partial charge < -0.3 is 14.8 Å². The van der Waals surface area contributed by atoms with Crippen LogP contribution in [-0.4, -0.2) is 40.8 Å². The lowest BCUT2D eigenvalue weighted by atomic mass is 10.1. The molecule has 0 aliphatic heterocycles. The van der Waals surface area contributed by atoms with Gasteiger partial charge in [-0.15, -0.1) is 0 Å². The summed E-state index contributed by atoms with van der Waals surface area (Å²) in [5, 5.41) is 2.91. The van der Waals surface area contributed by atoms with Crippen molar-refractivity contribution in [2.75, 3.05) is 24.7 Å². The first-order valence-corrected chi connectivity index (χ1v) is 10.6. The van der Waals surface area contributed by atoms with Crippen LogP contribution in [0, 0.1) is 0 Å². The minimum Gasteiger partial charge on any atom is -0.496 e. The molecular weight excluding hydrogens is 380 g/mol. The molecule has 0 saturated carbocycles. The topological polar surface area (TPSA) is 84.9 Å². The zero-order valence-electron chi connectivity index (χ0n) is 16.7. The summed E-state index contributed by atoms with van der Waals surface area (Å²) < 4.78 is 35.3. The first-order chi connectivity index (χ1) is 13.1. The van der Waals surface area contributed by atoms with Crippen molar-refractivity contribution in [1.82, 2.24) is 5.32 Å². The molecule has 0 aromatic heterocycles. The highest BCUT2D eigenvalue weighted by atomic mass is 32.2. The van der Waals surface area contributed by atoms with E-state index in [-0.39, 0.29) is 11.9 Å². The molecule has 0 aliphatic rings. The number of nitrogens with zero attached hydrogens (tertiary/aromatic N) is 1. The molecule has 0 bridgehead atoms. The number of amides is 1. The SMILES string of the molecule is COc1ccccc1[C@H](C)NC(=O)[C@@H](C)Oc1ccc(N(C)S(C)(=O)=O)cc1. The molecule has 0 fully saturated rings. The number of sulfonamides is 1. The van der Waals surface area contributed by atoms with Crippen molar-refractivity contribution in [2.24, 2.45) is 0 Å². The second kappa shape index (κ2) is 8.97. The first kappa shape index (κ1) is 21.6. The Hall–Kier alpha value is -2.74. The average molecular weight is 407 g/mol. The molecule has 2 aromatic rings. The van der Waals surface area contributed by atoms with E-state index in [2.05, 4.69) is 5.32 Å². The molecule has 2 atom stereocenters. The van der Waals surface area contributed by atoms with Crippen LogP contribution in [0.3, 0.4) is 0 Å². The number of ether oxygens (including phenoxy) is 2. The Morgan fingerprint density at radius 2 is 1.68 bits per heavy atom. The normalized spacial score (nSPS) is 13.3. The summed E-state index contributed by atoms with van der Waals surface area (Å²) in [6.07, 6.45) is 0.405. The molecule has 8 heteroatoms. The molecule has 1 amide bonds. The standard InChI is InChI=1S/C20H26N2O5S/c1-14(18-8-6-7-9-19(18)26-4)21-20(23)15(2)27-17-12-10-16(11-13-17)22(3)28(5,24)25/h6-15H,1-5H3,(H,21,23)/t14-,15+/m0/s1. The molecule has 0 spiro atoms. The maximum absolute atomic E-state index is 12.5. The van der Waals surface area contributed by atoms with Gasteiger partial charge in [0, 0.05) is 12.6 Å². The second-order valence-corrected chi connectivity index (χ2v) is 8.47. The zero-order valence-corrected chi connectivity index (χ0v) is 17.5. The maximum atomic E-state index is 12.5. The highest BCUT2D eigenvalue weighted by Gasteiger charge is 2.20. The molecule has 0 radical (unpaired) electrons. The number of anilines is 1. The monoisotopic (exact) mass is 406 g/mol. The first-order valence-electron chi connectivity index (χ1n) is 8.77. The Kier molecular flexibility index (Phi) is 6.90. The predicted octanol–water partition coefficient (Wildman–Crippen LogP) is 2.74. The number of hydrogen-bond donors (Lipinski definition) is 1. The summed E-state index contributed by atoms with van der Waals surface area (Å²) in [4.78, 5) is 12.5. The van der Waals surface area contributed by atoms with Gasteiger partial charge in [-0.2, -0.15) is 0 Å². The Morgan fingerprint density at radius 1 is 1.07 bits per heavy atom. The highest BCUT2D eigenvalue weighted by molar-refractivity contribution is 7.92. The highest BCUT2D eigenvalue weighted by Crippen LogP contribution is 2.25. The quantitative estimate of drug-likeness (QED) is 0.729. The molecule has 7 nitrogen and oxygen atoms in total. The van der Waals surface area contributed by atoms with E-state index in [4.69, 9.17) is 9.47 Å². The van der Waals surface area contributed by atoms with Crippen molar-refractivity contribution in [3.8, 4) is 11.5 Å². The summed E-state index contributed by atoms with van der Waals surface area (Å²) in [6.45, 7) is 3.53. The Morgan fingerprint density at radius 3 is 2.25 bits per heavy atom. The van der Waals surface area contributed by atoms with Crippen molar-refractivity contribution in [3.05, 3.63) is 54.1 Å². The van der Waals surface area contributed by atoms with E-state index in [1.807, 2.05) is 31.2 Å². The van der Waals surface area contributed by atoms with Crippen LogP contribution < -0.4 is 19.1 Å². The van der Waals surface area contributed by atoms with Gasteiger partial charge in [0.15, 0.2) is 6.10 Å². The van der Waals surface area contributed by atoms with Gasteiger partial charge >= 0.3 is 0 Å². The van der Waals surface area contributed by atoms with Crippen molar-refractivity contribution in [3.63, 3.8) is 0 Å². The van der Waals surface area contributed by atoms with E-state index in [0.717, 1.165) is 11.8 Å². The van der Waals surface area contributed by atoms with Crippen LogP contribution in [-0.2, 0) is 14.8 Å². The van der Waals surface area contributed by atoms with Gasteiger partial charge in [-0.25, -0.2) is 8.42 Å². The van der Waals surface area contributed by atoms with Crippen molar-refractivity contribution < 1.29 is 22.7 Å². The van der Waals surface area contributed by atoms with Gasteiger partial charge in [0.2, 0.25) is 10.0 Å². The zero-order chi connectivity index (χ0) is 20.9. The van der Waals surface area contributed by atoms with Crippen LogP contribution in [0.25, 0.3) is 0 Å². The van der Waals surface area contributed by atoms with E-state index >= 15 is 0 Å². The summed E-state index contributed by atoms with van der Waals surface area (Å²) in [5.74, 6) is 0.906. The van der Waals surface area contributed by atoms with Crippen LogP contribution in [0.4, 0.5) is 5.69 Å². The largest absolute Gasteiger partial charge is 0.496 e. The molecule has 0 heterocycles. The molecule has 152 valence electrons. The van der Waals surface area contributed by atoms with E-state index in [0.29, 0.717) is 17.2 Å². The van der Waals surface area contributed by atoms with Gasteiger partial charge in [-0.1, -0.05) is 18.2 Å². The number of carbonyl (C=O) groups excluding carboxylic acids is 1. The van der Waals surface area contributed by atoms with E-state index < -0.39 is 16.1 Å². The van der Waals surface area contributed by atoms with Gasteiger partial charge in [-0.05, 0) is 44.2 Å². The van der Waals surface area contributed by atoms with Crippen LogP contribution in [0.15, 0.2) is 48.5 Å². The number of benzene rings is 2. The average Bonchev–Trinajstić information content (AvgIpc) is 2.67. The number of para-hydroxylation sites is 1. The van der Waals surface area contributed by atoms with E-state index in [1.54, 1.807) is 38.3 Å². The minimum absolute atomic E-state index is 0.250. The molecule has 28 heavy (non-hydrogen) atoms. The molecule has 0 aliphatic carbocycles. The number of rotatable bonds is 8. The van der Waals surface area contributed by atoms with Crippen LogP contribution >= 0.6 is 0 Å². The van der Waals surface area contributed by atoms with Gasteiger partial charge in [0.1, 0.15) is 11.5 Å². The van der Waals surface area contributed by atoms with Crippen LogP contribution in [0.1, 0.15) is 25.5 Å². The van der Waals surface area contributed by atoms with Crippen molar-refractivity contribution >= 4 is 21.6 Å². The van der Waals surface area contributed by atoms with Gasteiger partial charge in [0.25, 0.3) is 5.91 Å². The lowest BCUT2D eigenvalue weighted by molar-refractivity contribution is -0.127. The Bertz CT molecular complexity index is 912. The Balaban J connectivity index is 2.00. The van der Waals surface area contributed by atoms with Crippen LogP contribution in [0.5, 0.6) is 11.5 Å². The van der Waals surface area contributed by atoms with Crippen molar-refractivity contribution in [1.29, 1.82) is 0 Å². The number of nitrogens with one attached hydrogen (secondary N) is 1. The molecule has 0 saturated heterocycles. The number of carbonyl (C=O) groups is 1. The van der Waals surface area contributed by atoms with Gasteiger partial charge in [0.05, 0.1) is 25.1 Å². The molecule has 1 N–H and O–H groups in total. The fourth-order valence-electron chi connectivity index (χ4n) is 2.62. The van der Waals surface area contributed by atoms with E-state index in [9.17, 15) is 13.2 Å². The molecule has 2 rings (SSSR count). The summed E-state index contributed by atoms with van der Waals surface area (Å²) in [6, 6.07) is 13.7. The Labute approximate surface area is 166 Å². The molecular formula is C20H26N2O5S. The third-order valence-electron chi connectivity index (χ3n) is 4.34. The smallest absolute Gasteiger partial charge is 0.261 e. The maximum Gasteiger partial charge on any atom is 0.261 e. The van der Waals surface area contributed by atoms with Crippen LogP contribution in [0.2, 0.25) is 0 Å². The predicted molar refractivity (Wildman–Crippen MR) is 109 cm³/mol. The fourth-order valence-corrected chi connectivity index (χ4v) is 3.12. The minimum atomic E-state index is -3.33. The third-order valence-corrected chi connectivity index (χ3v) is 5.55. The summed E-state index contributed by atoms with van der Waals surface area (Å²) in [5.41, 5.74) is 1.38. The van der Waals surface area contributed by atoms with E-state index in [1.165, 1.54) is 11.4 Å². The summed E-state index contributed by atoms with van der Waals surface area (Å²) >= 11 is 0. The molecule has 2 aromatic carbocycles. The fraction of sp³-hybridized carbons (Fsp3) is 0.350. The van der Waals surface area contributed by atoms with Crippen molar-refractivity contribution in [2.45, 2.75) is 26.0 Å². The third kappa shape index (κ3) is 5.39.